The third-order valence-corrected chi connectivity index (χ3v) is 6.80. The number of piperidine rings is 1. The number of anilines is 2. The lowest BCUT2D eigenvalue weighted by atomic mass is 9.92. The van der Waals surface area contributed by atoms with Gasteiger partial charge in [0.25, 0.3) is 0 Å². The van der Waals surface area contributed by atoms with Gasteiger partial charge in [0.2, 0.25) is 5.95 Å². The van der Waals surface area contributed by atoms with Crippen molar-refractivity contribution in [3.05, 3.63) is 54.0 Å². The minimum atomic E-state index is -4.37. The highest BCUT2D eigenvalue weighted by Gasteiger charge is 2.43. The Morgan fingerprint density at radius 2 is 1.76 bits per heavy atom. The second-order valence-corrected chi connectivity index (χ2v) is 9.00. The van der Waals surface area contributed by atoms with Crippen molar-refractivity contribution in [1.29, 1.82) is 0 Å². The zero-order valence-electron chi connectivity index (χ0n) is 18.3. The third kappa shape index (κ3) is 3.64. The molecule has 6 rings (SSSR count). The van der Waals surface area contributed by atoms with Crippen LogP contribution in [0.25, 0.3) is 16.8 Å². The summed E-state index contributed by atoms with van der Waals surface area (Å²) in [7, 11) is 0. The van der Waals surface area contributed by atoms with Crippen molar-refractivity contribution >= 4 is 17.6 Å². The van der Waals surface area contributed by atoms with E-state index in [1.165, 1.54) is 12.1 Å². The largest absolute Gasteiger partial charge is 0.416 e. The lowest BCUT2D eigenvalue weighted by molar-refractivity contribution is -0.137. The number of halogens is 3. The fourth-order valence-electron chi connectivity index (χ4n) is 5.21. The second-order valence-electron chi connectivity index (χ2n) is 9.00. The number of aryl methyl sites for hydroxylation is 1. The number of alkyl halides is 3. The summed E-state index contributed by atoms with van der Waals surface area (Å²) in [5.41, 5.74) is 1.29. The van der Waals surface area contributed by atoms with E-state index >= 15 is 0 Å². The van der Waals surface area contributed by atoms with Gasteiger partial charge in [-0.1, -0.05) is 17.3 Å². The molecule has 0 spiro atoms. The van der Waals surface area contributed by atoms with Crippen molar-refractivity contribution in [2.24, 2.45) is 11.8 Å². The lowest BCUT2D eigenvalue weighted by Gasteiger charge is -2.37. The molecule has 4 heterocycles. The Labute approximate surface area is 192 Å². The van der Waals surface area contributed by atoms with Gasteiger partial charge >= 0.3 is 12.2 Å². The van der Waals surface area contributed by atoms with Gasteiger partial charge < -0.3 is 14.7 Å². The molecule has 1 aromatic carbocycles. The number of rotatable bonds is 4. The molecular formula is C23H22F3N7O. The van der Waals surface area contributed by atoms with Crippen LogP contribution < -0.4 is 10.2 Å². The Morgan fingerprint density at radius 3 is 2.41 bits per heavy atom. The van der Waals surface area contributed by atoms with Crippen molar-refractivity contribution in [3.63, 3.8) is 0 Å². The maximum atomic E-state index is 12.9. The van der Waals surface area contributed by atoms with Gasteiger partial charge in [-0.15, -0.1) is 5.10 Å². The van der Waals surface area contributed by atoms with E-state index in [2.05, 4.69) is 25.5 Å². The monoisotopic (exact) mass is 469 g/mol. The molecule has 34 heavy (non-hydrogen) atoms. The van der Waals surface area contributed by atoms with Gasteiger partial charge in [-0.3, -0.25) is 0 Å². The van der Waals surface area contributed by atoms with Crippen LogP contribution in [0.5, 0.6) is 0 Å². The lowest BCUT2D eigenvalue weighted by Crippen LogP contribution is -2.48. The molecule has 2 bridgehead atoms. The number of pyridine rings is 1. The molecule has 2 aliphatic rings. The van der Waals surface area contributed by atoms with Gasteiger partial charge in [-0.25, -0.2) is 4.52 Å². The fraction of sp³-hybridized carbons (Fsp3) is 0.391. The van der Waals surface area contributed by atoms with Crippen molar-refractivity contribution in [2.45, 2.75) is 32.0 Å². The molecule has 1 saturated heterocycles. The average molecular weight is 469 g/mol. The van der Waals surface area contributed by atoms with Crippen LogP contribution in [0.4, 0.5) is 25.1 Å². The third-order valence-electron chi connectivity index (χ3n) is 6.80. The number of fused-ring (bicyclic) bond motifs is 3. The van der Waals surface area contributed by atoms with E-state index in [-0.39, 0.29) is 6.04 Å². The van der Waals surface area contributed by atoms with Gasteiger partial charge in [-0.05, 0) is 61.4 Å². The summed E-state index contributed by atoms with van der Waals surface area (Å²) in [4.78, 5) is 11.2. The maximum absolute atomic E-state index is 12.9. The van der Waals surface area contributed by atoms with E-state index < -0.39 is 11.7 Å². The smallest absolute Gasteiger partial charge is 0.349 e. The molecule has 2 unspecified atom stereocenters. The Bertz CT molecular complexity index is 1320. The van der Waals surface area contributed by atoms with Crippen molar-refractivity contribution in [2.75, 3.05) is 23.3 Å². The van der Waals surface area contributed by atoms with E-state index in [0.717, 1.165) is 43.6 Å². The van der Waals surface area contributed by atoms with Crippen LogP contribution >= 0.6 is 0 Å². The summed E-state index contributed by atoms with van der Waals surface area (Å²) < 4.78 is 45.8. The molecule has 1 aliphatic heterocycles. The van der Waals surface area contributed by atoms with E-state index in [4.69, 9.17) is 9.51 Å². The average Bonchev–Trinajstić information content (AvgIpc) is 3.48. The van der Waals surface area contributed by atoms with Crippen LogP contribution in [-0.4, -0.2) is 43.9 Å². The molecule has 3 aromatic heterocycles. The zero-order valence-corrected chi connectivity index (χ0v) is 18.3. The molecule has 0 radical (unpaired) electrons. The summed E-state index contributed by atoms with van der Waals surface area (Å²) in [6.45, 7) is 3.45. The van der Waals surface area contributed by atoms with Gasteiger partial charge in [0.15, 0.2) is 11.5 Å². The molecule has 1 aliphatic carbocycles. The van der Waals surface area contributed by atoms with Crippen molar-refractivity contribution in [3.8, 4) is 11.1 Å². The predicted molar refractivity (Wildman–Crippen MR) is 118 cm³/mol. The number of aromatic nitrogens is 5. The summed E-state index contributed by atoms with van der Waals surface area (Å²) in [6.07, 6.45) is -0.393. The van der Waals surface area contributed by atoms with Gasteiger partial charge in [0, 0.05) is 30.9 Å². The first kappa shape index (κ1) is 20.9. The molecular weight excluding hydrogens is 447 g/mol. The van der Waals surface area contributed by atoms with Crippen LogP contribution in [0.1, 0.15) is 24.2 Å². The highest BCUT2D eigenvalue weighted by Crippen LogP contribution is 2.40. The number of hydrogen-bond acceptors (Lipinski definition) is 7. The van der Waals surface area contributed by atoms with Gasteiger partial charge in [0.1, 0.15) is 0 Å². The van der Waals surface area contributed by atoms with Crippen LogP contribution in [0, 0.1) is 18.8 Å². The van der Waals surface area contributed by atoms with E-state index in [0.29, 0.717) is 40.8 Å². The number of hydrogen-bond donors (Lipinski definition) is 1. The number of benzene rings is 1. The first-order valence-electron chi connectivity index (χ1n) is 11.2. The summed E-state index contributed by atoms with van der Waals surface area (Å²) in [5, 5.41) is 12.0. The normalized spacial score (nSPS) is 22.5. The van der Waals surface area contributed by atoms with Crippen LogP contribution in [0.15, 0.2) is 47.1 Å². The summed E-state index contributed by atoms with van der Waals surface area (Å²) >= 11 is 0. The molecule has 1 saturated carbocycles. The first-order valence-corrected chi connectivity index (χ1v) is 11.2. The highest BCUT2D eigenvalue weighted by atomic mass is 19.4. The van der Waals surface area contributed by atoms with Gasteiger partial charge in [0.05, 0.1) is 5.56 Å². The first-order chi connectivity index (χ1) is 16.3. The molecule has 8 nitrogen and oxygen atoms in total. The van der Waals surface area contributed by atoms with Crippen LogP contribution in [0.3, 0.4) is 0 Å². The van der Waals surface area contributed by atoms with E-state index in [1.807, 2.05) is 19.1 Å². The Balaban J connectivity index is 1.24. The molecule has 0 amide bonds. The maximum Gasteiger partial charge on any atom is 0.416 e. The number of nitrogens with one attached hydrogen (secondary N) is 1. The van der Waals surface area contributed by atoms with Crippen molar-refractivity contribution in [1.82, 2.24) is 24.7 Å². The quantitative estimate of drug-likeness (QED) is 0.473. The Kier molecular flexibility index (Phi) is 4.75. The zero-order chi connectivity index (χ0) is 23.4. The molecule has 2 fully saturated rings. The summed E-state index contributed by atoms with van der Waals surface area (Å²) in [6, 6.07) is 9.56. The fourth-order valence-corrected chi connectivity index (χ4v) is 5.21. The molecule has 4 aromatic rings. The Hall–Kier alpha value is -3.63. The molecule has 176 valence electrons. The Morgan fingerprint density at radius 1 is 1.03 bits per heavy atom. The van der Waals surface area contributed by atoms with Gasteiger partial charge in [-0.2, -0.15) is 23.1 Å². The highest BCUT2D eigenvalue weighted by molar-refractivity contribution is 5.78. The number of nitrogens with zero attached hydrogens (tertiary/aromatic N) is 6. The second kappa shape index (κ2) is 7.71. The predicted octanol–water partition coefficient (Wildman–Crippen LogP) is 4.43. The van der Waals surface area contributed by atoms with Crippen molar-refractivity contribution < 1.29 is 17.7 Å². The minimum absolute atomic E-state index is 0.229. The molecule has 11 heteroatoms. The van der Waals surface area contributed by atoms with Crippen LogP contribution in [-0.2, 0) is 6.18 Å². The minimum Gasteiger partial charge on any atom is -0.349 e. The van der Waals surface area contributed by atoms with E-state index in [9.17, 15) is 13.2 Å². The summed E-state index contributed by atoms with van der Waals surface area (Å²) in [5.74, 6) is 1.93. The molecule has 1 N–H and O–H groups in total. The SMILES string of the molecule is Cc1noc(N2CC3CCC(C2)C3Nc2nc3c(-c4ccc(C(F)(F)F)cc4)cccn3n2)n1. The van der Waals surface area contributed by atoms with E-state index in [1.54, 1.807) is 10.7 Å². The standard InChI is InChI=1S/C23H22F3N7O/c1-13-27-22(34-31-13)32-11-15-4-5-16(12-32)19(15)28-21-29-20-18(3-2-10-33(20)30-21)14-6-8-17(9-7-14)23(24,25)26/h2-3,6-10,15-16,19H,4-5,11-12H2,1H3,(H,28,30). The topological polar surface area (TPSA) is 84.4 Å². The molecule has 2 atom stereocenters. The van der Waals surface area contributed by atoms with Crippen LogP contribution in [0.2, 0.25) is 0 Å².